The Labute approximate surface area is 112 Å². The van der Waals surface area contributed by atoms with Crippen molar-refractivity contribution in [2.24, 2.45) is 0 Å². The van der Waals surface area contributed by atoms with Gasteiger partial charge in [-0.2, -0.15) is 0 Å². The van der Waals surface area contributed by atoms with Crippen LogP contribution in [0, 0.1) is 0 Å². The molecule has 0 radical (unpaired) electrons. The number of aromatic nitrogens is 1. The van der Waals surface area contributed by atoms with Crippen LogP contribution >= 0.6 is 11.3 Å². The van der Waals surface area contributed by atoms with Crippen LogP contribution in [-0.2, 0) is 26.3 Å². The van der Waals surface area contributed by atoms with Crippen LogP contribution in [0.5, 0.6) is 0 Å². The molecule has 1 aromatic heterocycles. The van der Waals surface area contributed by atoms with Gasteiger partial charge in [0.05, 0.1) is 19.2 Å². The molecule has 0 aliphatic heterocycles. The topological polar surface area (TPSA) is 48.4 Å². The molecule has 1 rings (SSSR count). The van der Waals surface area contributed by atoms with Crippen LogP contribution in [0.25, 0.3) is 0 Å². The second-order valence-corrected chi connectivity index (χ2v) is 4.98. The highest BCUT2D eigenvalue weighted by molar-refractivity contribution is 7.09. The number of carbonyl (C=O) groups excluding carboxylic acids is 1. The third-order valence-corrected chi connectivity index (χ3v) is 4.36. The second-order valence-electron chi connectivity index (χ2n) is 4.13. The summed E-state index contributed by atoms with van der Waals surface area (Å²) in [4.78, 5) is 15.7. The van der Waals surface area contributed by atoms with E-state index < -0.39 is 0 Å². The van der Waals surface area contributed by atoms with Gasteiger partial charge in [0, 0.05) is 18.9 Å². The SMILES string of the molecule is CCC(CC)(OC)c1nc(CCC(=O)OC)cs1. The number of methoxy groups -OCH3 is 2. The van der Waals surface area contributed by atoms with Gasteiger partial charge in [0.2, 0.25) is 0 Å². The second kappa shape index (κ2) is 6.85. The Morgan fingerprint density at radius 3 is 2.56 bits per heavy atom. The molecule has 0 aliphatic rings. The smallest absolute Gasteiger partial charge is 0.305 e. The zero-order chi connectivity index (χ0) is 13.6. The maximum Gasteiger partial charge on any atom is 0.305 e. The number of hydrogen-bond donors (Lipinski definition) is 0. The molecule has 0 saturated heterocycles. The number of carbonyl (C=O) groups is 1. The van der Waals surface area contributed by atoms with Crippen LogP contribution in [0.3, 0.4) is 0 Å². The Bertz CT molecular complexity index is 377. The van der Waals surface area contributed by atoms with E-state index in [0.717, 1.165) is 23.5 Å². The first kappa shape index (κ1) is 15.1. The highest BCUT2D eigenvalue weighted by Crippen LogP contribution is 2.34. The molecule has 0 aliphatic carbocycles. The average Bonchev–Trinajstić information content (AvgIpc) is 2.88. The lowest BCUT2D eigenvalue weighted by molar-refractivity contribution is -0.140. The highest BCUT2D eigenvalue weighted by atomic mass is 32.1. The third kappa shape index (κ3) is 3.29. The summed E-state index contributed by atoms with van der Waals surface area (Å²) in [6, 6.07) is 0. The van der Waals surface area contributed by atoms with E-state index in [4.69, 9.17) is 4.74 Å². The van der Waals surface area contributed by atoms with Crippen molar-refractivity contribution in [2.75, 3.05) is 14.2 Å². The van der Waals surface area contributed by atoms with E-state index in [1.54, 1.807) is 18.4 Å². The number of hydrogen-bond acceptors (Lipinski definition) is 5. The molecule has 0 spiro atoms. The first-order chi connectivity index (χ1) is 8.61. The molecule has 102 valence electrons. The van der Waals surface area contributed by atoms with E-state index in [1.807, 2.05) is 5.38 Å². The molecule has 1 heterocycles. The fraction of sp³-hybridized carbons (Fsp3) is 0.692. The molecule has 0 aromatic carbocycles. The highest BCUT2D eigenvalue weighted by Gasteiger charge is 2.31. The fourth-order valence-electron chi connectivity index (χ4n) is 1.89. The Balaban J connectivity index is 2.75. The van der Waals surface area contributed by atoms with Crippen LogP contribution in [0.2, 0.25) is 0 Å². The summed E-state index contributed by atoms with van der Waals surface area (Å²) in [5.74, 6) is -0.200. The summed E-state index contributed by atoms with van der Waals surface area (Å²) in [6.45, 7) is 4.20. The molecular formula is C13H21NO3S. The Kier molecular flexibility index (Phi) is 5.75. The number of ether oxygens (including phenoxy) is 2. The summed E-state index contributed by atoms with van der Waals surface area (Å²) in [7, 11) is 3.13. The van der Waals surface area contributed by atoms with Gasteiger partial charge < -0.3 is 9.47 Å². The van der Waals surface area contributed by atoms with Gasteiger partial charge in [-0.1, -0.05) is 13.8 Å². The van der Waals surface area contributed by atoms with Crippen LogP contribution < -0.4 is 0 Å². The zero-order valence-corrected chi connectivity index (χ0v) is 12.3. The largest absolute Gasteiger partial charge is 0.469 e. The van der Waals surface area contributed by atoms with E-state index in [-0.39, 0.29) is 11.6 Å². The van der Waals surface area contributed by atoms with Gasteiger partial charge >= 0.3 is 5.97 Å². The average molecular weight is 271 g/mol. The van der Waals surface area contributed by atoms with Crippen LogP contribution in [0.15, 0.2) is 5.38 Å². The molecule has 4 nitrogen and oxygen atoms in total. The fourth-order valence-corrected chi connectivity index (χ4v) is 3.07. The van der Waals surface area contributed by atoms with Gasteiger partial charge in [0.1, 0.15) is 10.6 Å². The Hall–Kier alpha value is -0.940. The Morgan fingerprint density at radius 1 is 1.39 bits per heavy atom. The van der Waals surface area contributed by atoms with E-state index in [9.17, 15) is 4.79 Å². The summed E-state index contributed by atoms with van der Waals surface area (Å²) in [6.07, 6.45) is 2.78. The third-order valence-electron chi connectivity index (χ3n) is 3.29. The van der Waals surface area contributed by atoms with Crippen molar-refractivity contribution in [1.82, 2.24) is 4.98 Å². The molecule has 0 unspecified atom stereocenters. The van der Waals surface area contributed by atoms with Gasteiger partial charge in [-0.3, -0.25) is 4.79 Å². The number of thiazole rings is 1. The molecule has 0 bridgehead atoms. The Morgan fingerprint density at radius 2 is 2.06 bits per heavy atom. The van der Waals surface area contributed by atoms with Crippen molar-refractivity contribution in [3.05, 3.63) is 16.1 Å². The van der Waals surface area contributed by atoms with Crippen molar-refractivity contribution in [3.8, 4) is 0 Å². The minimum absolute atomic E-state index is 0.200. The number of aryl methyl sites for hydroxylation is 1. The number of nitrogens with zero attached hydrogens (tertiary/aromatic N) is 1. The van der Waals surface area contributed by atoms with Crippen molar-refractivity contribution in [2.45, 2.75) is 45.1 Å². The van der Waals surface area contributed by atoms with Gasteiger partial charge in [-0.15, -0.1) is 11.3 Å². The lowest BCUT2D eigenvalue weighted by atomic mass is 9.98. The maximum atomic E-state index is 11.1. The number of esters is 1. The summed E-state index contributed by atoms with van der Waals surface area (Å²) in [5, 5.41) is 2.99. The maximum absolute atomic E-state index is 11.1. The van der Waals surface area contributed by atoms with Crippen LogP contribution in [0.1, 0.15) is 43.8 Å². The summed E-state index contributed by atoms with van der Waals surface area (Å²) >= 11 is 1.60. The molecule has 0 atom stereocenters. The summed E-state index contributed by atoms with van der Waals surface area (Å²) in [5.41, 5.74) is 0.650. The van der Waals surface area contributed by atoms with Crippen molar-refractivity contribution >= 4 is 17.3 Å². The quantitative estimate of drug-likeness (QED) is 0.715. The lowest BCUT2D eigenvalue weighted by Gasteiger charge is -2.27. The van der Waals surface area contributed by atoms with E-state index in [0.29, 0.717) is 12.8 Å². The molecule has 18 heavy (non-hydrogen) atoms. The molecular weight excluding hydrogens is 250 g/mol. The van der Waals surface area contributed by atoms with Gasteiger partial charge in [0.25, 0.3) is 0 Å². The first-order valence-electron chi connectivity index (χ1n) is 6.18. The minimum Gasteiger partial charge on any atom is -0.469 e. The van der Waals surface area contributed by atoms with Crippen molar-refractivity contribution in [1.29, 1.82) is 0 Å². The monoisotopic (exact) mass is 271 g/mol. The van der Waals surface area contributed by atoms with Crippen molar-refractivity contribution < 1.29 is 14.3 Å². The van der Waals surface area contributed by atoms with E-state index >= 15 is 0 Å². The predicted octanol–water partition coefficient (Wildman–Crippen LogP) is 2.91. The van der Waals surface area contributed by atoms with Crippen molar-refractivity contribution in [3.63, 3.8) is 0 Å². The number of rotatable bonds is 7. The van der Waals surface area contributed by atoms with Gasteiger partial charge in [-0.25, -0.2) is 4.98 Å². The minimum atomic E-state index is -0.284. The standard InChI is InChI=1S/C13H21NO3S/c1-5-13(6-2,17-4)12-14-10(9-18-12)7-8-11(15)16-3/h9H,5-8H2,1-4H3. The van der Waals surface area contributed by atoms with E-state index in [1.165, 1.54) is 7.11 Å². The zero-order valence-electron chi connectivity index (χ0n) is 11.5. The van der Waals surface area contributed by atoms with E-state index in [2.05, 4.69) is 23.6 Å². The van der Waals surface area contributed by atoms with Crippen LogP contribution in [0.4, 0.5) is 0 Å². The molecule has 0 saturated carbocycles. The lowest BCUT2D eigenvalue weighted by Crippen LogP contribution is -2.26. The molecule has 1 aromatic rings. The molecule has 0 fully saturated rings. The normalized spacial score (nSPS) is 11.6. The van der Waals surface area contributed by atoms with Crippen LogP contribution in [-0.4, -0.2) is 25.2 Å². The molecule has 5 heteroatoms. The van der Waals surface area contributed by atoms with Gasteiger partial charge in [0.15, 0.2) is 0 Å². The predicted molar refractivity (Wildman–Crippen MR) is 71.7 cm³/mol. The molecule has 0 amide bonds. The first-order valence-corrected chi connectivity index (χ1v) is 7.06. The molecule has 0 N–H and O–H groups in total. The van der Waals surface area contributed by atoms with Gasteiger partial charge in [-0.05, 0) is 12.8 Å². The summed E-state index contributed by atoms with van der Waals surface area (Å²) < 4.78 is 10.3.